The zero-order valence-corrected chi connectivity index (χ0v) is 11.2. The minimum Gasteiger partial charge on any atom is -0.295 e. The van der Waals surface area contributed by atoms with Gasteiger partial charge in [0.05, 0.1) is 0 Å². The van der Waals surface area contributed by atoms with Crippen LogP contribution in [0.2, 0.25) is 0 Å². The van der Waals surface area contributed by atoms with Gasteiger partial charge in [0.25, 0.3) is 0 Å². The van der Waals surface area contributed by atoms with Gasteiger partial charge in [-0.25, -0.2) is 0 Å². The lowest BCUT2D eigenvalue weighted by Crippen LogP contribution is -2.46. The summed E-state index contributed by atoms with van der Waals surface area (Å²) >= 11 is 0. The van der Waals surface area contributed by atoms with E-state index in [1.165, 1.54) is 38.5 Å². The van der Waals surface area contributed by atoms with Crippen LogP contribution in [0.4, 0.5) is 0 Å². The summed E-state index contributed by atoms with van der Waals surface area (Å²) in [5.74, 6) is 3.26. The molecule has 17 heavy (non-hydrogen) atoms. The summed E-state index contributed by atoms with van der Waals surface area (Å²) in [6, 6.07) is 0. The van der Waals surface area contributed by atoms with E-state index in [0.717, 1.165) is 29.7 Å². The van der Waals surface area contributed by atoms with Crippen molar-refractivity contribution in [2.45, 2.75) is 58.8 Å². The molecular weight excluding hydrogens is 208 g/mol. The monoisotopic (exact) mass is 232 g/mol. The van der Waals surface area contributed by atoms with E-state index in [1.54, 1.807) is 0 Å². The van der Waals surface area contributed by atoms with Crippen LogP contribution in [0.1, 0.15) is 58.8 Å². The van der Waals surface area contributed by atoms with Crippen LogP contribution in [0, 0.1) is 23.2 Å². The van der Waals surface area contributed by atoms with Crippen molar-refractivity contribution in [1.82, 2.24) is 0 Å². The molecule has 0 heterocycles. The molecule has 0 radical (unpaired) electrons. The predicted molar refractivity (Wildman–Crippen MR) is 69.7 cm³/mol. The van der Waals surface area contributed by atoms with Crippen molar-refractivity contribution in [2.24, 2.45) is 23.2 Å². The Hall–Kier alpha value is -0.590. The lowest BCUT2D eigenvalue weighted by molar-refractivity contribution is -0.122. The molecule has 0 atom stereocenters. The molecule has 1 heteroatoms. The van der Waals surface area contributed by atoms with Crippen LogP contribution < -0.4 is 0 Å². The van der Waals surface area contributed by atoms with Crippen LogP contribution in [0.25, 0.3) is 0 Å². The molecule has 0 amide bonds. The molecule has 4 bridgehead atoms. The molecule has 0 aliphatic heterocycles. The fourth-order valence-corrected chi connectivity index (χ4v) is 5.25. The number of rotatable bonds is 3. The van der Waals surface area contributed by atoms with Gasteiger partial charge in [0.15, 0.2) is 5.78 Å². The molecule has 0 spiro atoms. The van der Waals surface area contributed by atoms with Crippen LogP contribution in [0.15, 0.2) is 11.6 Å². The molecule has 4 rings (SSSR count). The predicted octanol–water partition coefficient (Wildman–Crippen LogP) is 4.13. The van der Waals surface area contributed by atoms with Crippen LogP contribution in [-0.4, -0.2) is 5.78 Å². The lowest BCUT2D eigenvalue weighted by atomic mass is 9.48. The Morgan fingerprint density at radius 2 is 1.53 bits per heavy atom. The van der Waals surface area contributed by atoms with E-state index < -0.39 is 0 Å². The molecule has 0 unspecified atom stereocenters. The Morgan fingerprint density at radius 3 is 1.94 bits per heavy atom. The van der Waals surface area contributed by atoms with Gasteiger partial charge >= 0.3 is 0 Å². The number of hydrogen-bond acceptors (Lipinski definition) is 1. The van der Waals surface area contributed by atoms with Gasteiger partial charge in [0.2, 0.25) is 0 Å². The standard InChI is InChI=1S/C16H24O/c1-11(2)3-15(17)10-16-7-12-4-13(8-16)6-14(5-12)9-16/h3,12-14H,4-10H2,1-2H3. The van der Waals surface area contributed by atoms with E-state index in [2.05, 4.69) is 0 Å². The molecule has 94 valence electrons. The van der Waals surface area contributed by atoms with Crippen LogP contribution >= 0.6 is 0 Å². The van der Waals surface area contributed by atoms with E-state index in [-0.39, 0.29) is 0 Å². The van der Waals surface area contributed by atoms with Gasteiger partial charge in [0.1, 0.15) is 0 Å². The average Bonchev–Trinajstić information content (AvgIpc) is 2.11. The number of allylic oxidation sites excluding steroid dienone is 2. The summed E-state index contributed by atoms with van der Waals surface area (Å²) in [7, 11) is 0. The maximum Gasteiger partial charge on any atom is 0.156 e. The SMILES string of the molecule is CC(C)=CC(=O)CC12CC3CC(CC(C3)C1)C2. The molecule has 0 aromatic rings. The summed E-state index contributed by atoms with van der Waals surface area (Å²) in [6.07, 6.45) is 11.1. The number of carbonyl (C=O) groups excluding carboxylic acids is 1. The highest BCUT2D eigenvalue weighted by molar-refractivity contribution is 5.90. The average molecular weight is 232 g/mol. The molecule has 4 fully saturated rings. The first kappa shape index (κ1) is 11.5. The molecule has 0 saturated heterocycles. The summed E-state index contributed by atoms with van der Waals surface area (Å²) in [6.45, 7) is 4.05. The van der Waals surface area contributed by atoms with Crippen LogP contribution in [-0.2, 0) is 4.79 Å². The van der Waals surface area contributed by atoms with Gasteiger partial charge in [-0.15, -0.1) is 0 Å². The first-order valence-electron chi connectivity index (χ1n) is 7.22. The minimum absolute atomic E-state index is 0.381. The second kappa shape index (κ2) is 3.96. The van der Waals surface area contributed by atoms with E-state index in [4.69, 9.17) is 0 Å². The van der Waals surface area contributed by atoms with Gasteiger partial charge < -0.3 is 0 Å². The fraction of sp³-hybridized carbons (Fsp3) is 0.812. The van der Waals surface area contributed by atoms with E-state index in [1.807, 2.05) is 19.9 Å². The maximum absolute atomic E-state index is 12.1. The van der Waals surface area contributed by atoms with Crippen molar-refractivity contribution in [3.63, 3.8) is 0 Å². The Balaban J connectivity index is 1.74. The Labute approximate surface area is 105 Å². The van der Waals surface area contributed by atoms with Crippen LogP contribution in [0.3, 0.4) is 0 Å². The molecule has 0 aromatic carbocycles. The third-order valence-corrected chi connectivity index (χ3v) is 5.16. The van der Waals surface area contributed by atoms with Gasteiger partial charge in [-0.3, -0.25) is 4.79 Å². The van der Waals surface area contributed by atoms with Crippen molar-refractivity contribution in [3.05, 3.63) is 11.6 Å². The Kier molecular flexibility index (Phi) is 2.68. The lowest BCUT2D eigenvalue weighted by Gasteiger charge is -2.56. The van der Waals surface area contributed by atoms with Gasteiger partial charge in [0, 0.05) is 6.42 Å². The molecule has 4 saturated carbocycles. The summed E-state index contributed by atoms with van der Waals surface area (Å²) in [4.78, 5) is 12.1. The van der Waals surface area contributed by atoms with E-state index in [9.17, 15) is 4.79 Å². The first-order valence-corrected chi connectivity index (χ1v) is 7.22. The topological polar surface area (TPSA) is 17.1 Å². The number of carbonyl (C=O) groups is 1. The van der Waals surface area contributed by atoms with Gasteiger partial charge in [-0.1, -0.05) is 5.57 Å². The molecule has 1 nitrogen and oxygen atoms in total. The summed E-state index contributed by atoms with van der Waals surface area (Å²) in [5, 5.41) is 0. The number of hydrogen-bond donors (Lipinski definition) is 0. The van der Waals surface area contributed by atoms with Gasteiger partial charge in [-0.2, -0.15) is 0 Å². The van der Waals surface area contributed by atoms with Crippen molar-refractivity contribution < 1.29 is 4.79 Å². The van der Waals surface area contributed by atoms with E-state index >= 15 is 0 Å². The quantitative estimate of drug-likeness (QED) is 0.669. The minimum atomic E-state index is 0.381. The summed E-state index contributed by atoms with van der Waals surface area (Å²) < 4.78 is 0. The molecule has 0 N–H and O–H groups in total. The highest BCUT2D eigenvalue weighted by Gasteiger charge is 2.51. The second-order valence-electron chi connectivity index (χ2n) is 7.28. The smallest absolute Gasteiger partial charge is 0.156 e. The van der Waals surface area contributed by atoms with Crippen molar-refractivity contribution in [3.8, 4) is 0 Å². The normalized spacial score (nSPS) is 42.6. The zero-order valence-electron chi connectivity index (χ0n) is 11.2. The highest BCUT2D eigenvalue weighted by Crippen LogP contribution is 2.61. The van der Waals surface area contributed by atoms with Crippen molar-refractivity contribution in [1.29, 1.82) is 0 Å². The molecule has 0 aromatic heterocycles. The Bertz CT molecular complexity index is 324. The molecule has 4 aliphatic carbocycles. The van der Waals surface area contributed by atoms with Crippen LogP contribution in [0.5, 0.6) is 0 Å². The summed E-state index contributed by atoms with van der Waals surface area (Å²) in [5.41, 5.74) is 1.57. The third-order valence-electron chi connectivity index (χ3n) is 5.16. The zero-order chi connectivity index (χ0) is 12.0. The largest absolute Gasteiger partial charge is 0.295 e. The highest BCUT2D eigenvalue weighted by atomic mass is 16.1. The van der Waals surface area contributed by atoms with Gasteiger partial charge in [-0.05, 0) is 81.6 Å². The Morgan fingerprint density at radius 1 is 1.06 bits per heavy atom. The fourth-order valence-electron chi connectivity index (χ4n) is 5.25. The van der Waals surface area contributed by atoms with Crippen molar-refractivity contribution in [2.75, 3.05) is 0 Å². The first-order chi connectivity index (χ1) is 8.05. The molecule has 4 aliphatic rings. The second-order valence-corrected chi connectivity index (χ2v) is 7.28. The number of ketones is 1. The third kappa shape index (κ3) is 2.21. The maximum atomic E-state index is 12.1. The van der Waals surface area contributed by atoms with Crippen molar-refractivity contribution >= 4 is 5.78 Å². The molecular formula is C16H24O. The van der Waals surface area contributed by atoms with E-state index in [0.29, 0.717) is 11.2 Å².